The number of hydrogen-bond donors (Lipinski definition) is 1. The molecule has 0 radical (unpaired) electrons. The van der Waals surface area contributed by atoms with Crippen LogP contribution in [0.3, 0.4) is 0 Å². The molecule has 1 aliphatic rings. The Morgan fingerprint density at radius 1 is 1.11 bits per heavy atom. The summed E-state index contributed by atoms with van der Waals surface area (Å²) in [5, 5.41) is 2.97. The number of ketones is 1. The number of nitrogens with one attached hydrogen (secondary N) is 1. The first-order valence-corrected chi connectivity index (χ1v) is 8.44. The molecule has 6 heteroatoms. The minimum atomic E-state index is -0.732. The summed E-state index contributed by atoms with van der Waals surface area (Å²) >= 11 is 0. The molecule has 0 bridgehead atoms. The normalized spacial score (nSPS) is 14.9. The van der Waals surface area contributed by atoms with Crippen LogP contribution < -0.4 is 10.1 Å². The maximum absolute atomic E-state index is 12.8. The van der Waals surface area contributed by atoms with Crippen LogP contribution >= 0.6 is 0 Å². The first-order chi connectivity index (χ1) is 13.1. The molecule has 3 rings (SSSR count). The first-order valence-electron chi connectivity index (χ1n) is 8.44. The standard InChI is InChI=1S/C21H19NO5/c1-3-26-21(24)18-19(23)17(13-14-9-7-8-12-16(14)25-2)27-20(18)22-15-10-5-4-6-11-15/h4-13,22H,3H2,1-2H3/b17-13-. The van der Waals surface area contributed by atoms with Crippen LogP contribution in [0.5, 0.6) is 5.75 Å². The van der Waals surface area contributed by atoms with Crippen molar-refractivity contribution in [2.45, 2.75) is 6.92 Å². The molecule has 0 unspecified atom stereocenters. The molecule has 138 valence electrons. The van der Waals surface area contributed by atoms with Crippen LogP contribution in [0.15, 0.2) is 71.8 Å². The van der Waals surface area contributed by atoms with Gasteiger partial charge in [0.25, 0.3) is 0 Å². The molecule has 0 spiro atoms. The van der Waals surface area contributed by atoms with E-state index in [4.69, 9.17) is 14.2 Å². The average molecular weight is 365 g/mol. The summed E-state index contributed by atoms with van der Waals surface area (Å²) in [5.74, 6) is -0.627. The summed E-state index contributed by atoms with van der Waals surface area (Å²) in [6.45, 7) is 1.83. The summed E-state index contributed by atoms with van der Waals surface area (Å²) in [6.07, 6.45) is 1.54. The van der Waals surface area contributed by atoms with Gasteiger partial charge in [-0.15, -0.1) is 0 Å². The monoisotopic (exact) mass is 365 g/mol. The molecule has 2 aromatic carbocycles. The van der Waals surface area contributed by atoms with E-state index < -0.39 is 11.8 Å². The van der Waals surface area contributed by atoms with E-state index in [0.717, 1.165) is 0 Å². The topological polar surface area (TPSA) is 73.9 Å². The Hall–Kier alpha value is -3.54. The van der Waals surface area contributed by atoms with Gasteiger partial charge in [-0.1, -0.05) is 36.4 Å². The molecule has 0 aliphatic carbocycles. The second-order valence-corrected chi connectivity index (χ2v) is 5.60. The molecule has 1 heterocycles. The van der Waals surface area contributed by atoms with E-state index in [1.54, 1.807) is 44.4 Å². The van der Waals surface area contributed by atoms with E-state index in [1.807, 2.05) is 30.3 Å². The van der Waals surface area contributed by atoms with E-state index >= 15 is 0 Å². The lowest BCUT2D eigenvalue weighted by atomic mass is 10.1. The Balaban J connectivity index is 1.96. The smallest absolute Gasteiger partial charge is 0.347 e. The van der Waals surface area contributed by atoms with Crippen LogP contribution in [0.2, 0.25) is 0 Å². The van der Waals surface area contributed by atoms with Gasteiger partial charge >= 0.3 is 5.97 Å². The average Bonchev–Trinajstić information content (AvgIpc) is 2.98. The number of Topliss-reactive ketones (excluding diaryl/α,β-unsaturated/α-hetero) is 1. The van der Waals surface area contributed by atoms with Crippen molar-refractivity contribution in [1.82, 2.24) is 0 Å². The summed E-state index contributed by atoms with van der Waals surface area (Å²) in [6, 6.07) is 16.3. The Morgan fingerprint density at radius 3 is 2.52 bits per heavy atom. The lowest BCUT2D eigenvalue weighted by molar-refractivity contribution is -0.139. The lowest BCUT2D eigenvalue weighted by Crippen LogP contribution is -2.16. The second kappa shape index (κ2) is 8.23. The minimum Gasteiger partial charge on any atom is -0.496 e. The highest BCUT2D eigenvalue weighted by molar-refractivity contribution is 6.26. The zero-order valence-corrected chi connectivity index (χ0v) is 15.0. The molecular weight excluding hydrogens is 346 g/mol. The fraction of sp³-hybridized carbons (Fsp3) is 0.143. The molecule has 0 saturated heterocycles. The Bertz CT molecular complexity index is 915. The maximum Gasteiger partial charge on any atom is 0.347 e. The van der Waals surface area contributed by atoms with E-state index in [0.29, 0.717) is 17.0 Å². The number of carbonyl (C=O) groups excluding carboxylic acids is 2. The number of ether oxygens (including phenoxy) is 3. The zero-order valence-electron chi connectivity index (χ0n) is 15.0. The van der Waals surface area contributed by atoms with E-state index in [-0.39, 0.29) is 23.8 Å². The second-order valence-electron chi connectivity index (χ2n) is 5.60. The molecule has 1 aliphatic heterocycles. The summed E-state index contributed by atoms with van der Waals surface area (Å²) in [4.78, 5) is 25.1. The quantitative estimate of drug-likeness (QED) is 0.480. The van der Waals surface area contributed by atoms with Crippen molar-refractivity contribution in [1.29, 1.82) is 0 Å². The van der Waals surface area contributed by atoms with Crippen molar-refractivity contribution in [2.24, 2.45) is 0 Å². The predicted molar refractivity (Wildman–Crippen MR) is 101 cm³/mol. The third-order valence-electron chi connectivity index (χ3n) is 3.83. The predicted octanol–water partition coefficient (Wildman–Crippen LogP) is 3.52. The fourth-order valence-electron chi connectivity index (χ4n) is 2.58. The van der Waals surface area contributed by atoms with Crippen molar-refractivity contribution in [3.63, 3.8) is 0 Å². The highest BCUT2D eigenvalue weighted by Crippen LogP contribution is 2.30. The third kappa shape index (κ3) is 4.00. The van der Waals surface area contributed by atoms with Gasteiger partial charge in [0.1, 0.15) is 5.75 Å². The number of methoxy groups -OCH3 is 1. The van der Waals surface area contributed by atoms with Gasteiger partial charge in [0, 0.05) is 11.3 Å². The van der Waals surface area contributed by atoms with Gasteiger partial charge < -0.3 is 19.5 Å². The molecule has 1 N–H and O–H groups in total. The van der Waals surface area contributed by atoms with Gasteiger partial charge in [0.2, 0.25) is 11.7 Å². The number of anilines is 1. The molecule has 27 heavy (non-hydrogen) atoms. The molecular formula is C21H19NO5. The molecule has 0 saturated carbocycles. The van der Waals surface area contributed by atoms with Crippen molar-refractivity contribution < 1.29 is 23.8 Å². The Morgan fingerprint density at radius 2 is 1.81 bits per heavy atom. The molecule has 6 nitrogen and oxygen atoms in total. The summed E-state index contributed by atoms with van der Waals surface area (Å²) in [5.41, 5.74) is 1.18. The fourth-order valence-corrected chi connectivity index (χ4v) is 2.58. The van der Waals surface area contributed by atoms with Crippen LogP contribution in [0.4, 0.5) is 5.69 Å². The molecule has 0 fully saturated rings. The third-order valence-corrected chi connectivity index (χ3v) is 3.83. The van der Waals surface area contributed by atoms with Crippen LogP contribution in [0.1, 0.15) is 12.5 Å². The Kier molecular flexibility index (Phi) is 5.56. The summed E-state index contributed by atoms with van der Waals surface area (Å²) < 4.78 is 16.0. The lowest BCUT2D eigenvalue weighted by Gasteiger charge is -2.09. The molecule has 0 aromatic heterocycles. The van der Waals surface area contributed by atoms with Crippen LogP contribution in [-0.4, -0.2) is 25.5 Å². The first kappa shape index (κ1) is 18.3. The van der Waals surface area contributed by atoms with Crippen LogP contribution in [0.25, 0.3) is 6.08 Å². The minimum absolute atomic E-state index is 0.0148. The Labute approximate surface area is 157 Å². The van der Waals surface area contributed by atoms with Crippen molar-refractivity contribution >= 4 is 23.5 Å². The number of para-hydroxylation sites is 2. The van der Waals surface area contributed by atoms with Gasteiger partial charge in [0.05, 0.1) is 13.7 Å². The van der Waals surface area contributed by atoms with Crippen LogP contribution in [-0.2, 0) is 19.1 Å². The molecule has 0 amide bonds. The van der Waals surface area contributed by atoms with Crippen molar-refractivity contribution in [3.8, 4) is 5.75 Å². The number of rotatable bonds is 6. The van der Waals surface area contributed by atoms with Gasteiger partial charge in [-0.25, -0.2) is 4.79 Å². The number of carbonyl (C=O) groups is 2. The number of esters is 1. The van der Waals surface area contributed by atoms with Crippen molar-refractivity contribution in [2.75, 3.05) is 19.0 Å². The maximum atomic E-state index is 12.8. The zero-order chi connectivity index (χ0) is 19.2. The molecule has 0 atom stereocenters. The highest BCUT2D eigenvalue weighted by atomic mass is 16.5. The van der Waals surface area contributed by atoms with Crippen LogP contribution in [0, 0.1) is 0 Å². The van der Waals surface area contributed by atoms with E-state index in [1.165, 1.54) is 0 Å². The number of hydrogen-bond acceptors (Lipinski definition) is 6. The SMILES string of the molecule is CCOC(=O)C1=C(Nc2ccccc2)O/C(=C\c2ccccc2OC)C1=O. The highest BCUT2D eigenvalue weighted by Gasteiger charge is 2.37. The van der Waals surface area contributed by atoms with Gasteiger partial charge in [-0.3, -0.25) is 4.79 Å². The van der Waals surface area contributed by atoms with Gasteiger partial charge in [0.15, 0.2) is 11.3 Å². The van der Waals surface area contributed by atoms with Gasteiger partial charge in [-0.05, 0) is 31.2 Å². The van der Waals surface area contributed by atoms with Gasteiger partial charge in [-0.2, -0.15) is 0 Å². The number of benzene rings is 2. The van der Waals surface area contributed by atoms with Crippen molar-refractivity contribution in [3.05, 3.63) is 77.4 Å². The molecule has 2 aromatic rings. The largest absolute Gasteiger partial charge is 0.496 e. The van der Waals surface area contributed by atoms with E-state index in [2.05, 4.69) is 5.32 Å². The summed E-state index contributed by atoms with van der Waals surface area (Å²) in [7, 11) is 1.54. The van der Waals surface area contributed by atoms with E-state index in [9.17, 15) is 9.59 Å². The number of allylic oxidation sites excluding steroid dienone is 1.